The SMILES string of the molecule is CC(C)(C)OC(=O)N[C@@H](CCSCC[C@H](NC(=O)OC(C)(C)C)C(=O)OC(C)(C)C)C(=O)OC(C)(C)C. The minimum atomic E-state index is -0.900. The number of carbonyl (C=O) groups excluding carboxylic acids is 4. The second kappa shape index (κ2) is 14.1. The highest BCUT2D eigenvalue weighted by atomic mass is 32.2. The number of thioether (sulfide) groups is 1. The number of ether oxygens (including phenoxy) is 4. The molecule has 0 heterocycles. The molecule has 0 saturated carbocycles. The van der Waals surface area contributed by atoms with Crippen LogP contribution in [0.3, 0.4) is 0 Å². The molecule has 0 aromatic heterocycles. The smallest absolute Gasteiger partial charge is 0.408 e. The van der Waals surface area contributed by atoms with Crippen LogP contribution in [0.1, 0.15) is 95.9 Å². The zero-order valence-electron chi connectivity index (χ0n) is 24.7. The van der Waals surface area contributed by atoms with Gasteiger partial charge in [-0.25, -0.2) is 19.2 Å². The zero-order valence-corrected chi connectivity index (χ0v) is 25.5. The van der Waals surface area contributed by atoms with Crippen molar-refractivity contribution in [2.45, 2.75) is 130 Å². The predicted molar refractivity (Wildman–Crippen MR) is 145 cm³/mol. The molecular formula is C26H48N2O8S. The van der Waals surface area contributed by atoms with E-state index in [0.717, 1.165) is 0 Å². The van der Waals surface area contributed by atoms with Crippen molar-refractivity contribution in [2.24, 2.45) is 0 Å². The molecule has 0 saturated heterocycles. The van der Waals surface area contributed by atoms with Crippen LogP contribution in [0.4, 0.5) is 9.59 Å². The second-order valence-electron chi connectivity index (χ2n) is 12.7. The monoisotopic (exact) mass is 548 g/mol. The lowest BCUT2D eigenvalue weighted by molar-refractivity contribution is -0.158. The summed E-state index contributed by atoms with van der Waals surface area (Å²) in [5.41, 5.74) is -2.86. The third-order valence-electron chi connectivity index (χ3n) is 3.87. The summed E-state index contributed by atoms with van der Waals surface area (Å²) < 4.78 is 21.4. The van der Waals surface area contributed by atoms with E-state index >= 15 is 0 Å². The van der Waals surface area contributed by atoms with Gasteiger partial charge in [-0.1, -0.05) is 0 Å². The maximum atomic E-state index is 12.7. The summed E-state index contributed by atoms with van der Waals surface area (Å²) in [6, 6.07) is -1.80. The molecule has 0 unspecified atom stereocenters. The third-order valence-corrected chi connectivity index (χ3v) is 4.92. The first-order valence-electron chi connectivity index (χ1n) is 12.5. The van der Waals surface area contributed by atoms with Gasteiger partial charge in [0.15, 0.2) is 0 Å². The van der Waals surface area contributed by atoms with Crippen molar-refractivity contribution in [1.29, 1.82) is 0 Å². The lowest BCUT2D eigenvalue weighted by Gasteiger charge is -2.26. The molecule has 37 heavy (non-hydrogen) atoms. The van der Waals surface area contributed by atoms with Gasteiger partial charge in [0.25, 0.3) is 0 Å². The van der Waals surface area contributed by atoms with Gasteiger partial charge in [0.2, 0.25) is 0 Å². The molecule has 0 spiro atoms. The number of amides is 2. The Morgan fingerprint density at radius 2 is 0.811 bits per heavy atom. The van der Waals surface area contributed by atoms with E-state index in [1.165, 1.54) is 11.8 Å². The van der Waals surface area contributed by atoms with Crippen molar-refractivity contribution in [3.63, 3.8) is 0 Å². The van der Waals surface area contributed by atoms with Crippen molar-refractivity contribution >= 4 is 35.9 Å². The van der Waals surface area contributed by atoms with E-state index in [2.05, 4.69) is 10.6 Å². The number of carbonyl (C=O) groups is 4. The Morgan fingerprint density at radius 3 is 1.05 bits per heavy atom. The molecule has 11 heteroatoms. The lowest BCUT2D eigenvalue weighted by atomic mass is 10.1. The molecule has 216 valence electrons. The first-order chi connectivity index (χ1) is 16.5. The molecule has 0 aliphatic carbocycles. The Labute approximate surface area is 226 Å². The van der Waals surface area contributed by atoms with Gasteiger partial charge in [-0.15, -0.1) is 0 Å². The molecule has 2 atom stereocenters. The Hall–Kier alpha value is -2.17. The van der Waals surface area contributed by atoms with Gasteiger partial charge < -0.3 is 29.6 Å². The van der Waals surface area contributed by atoms with Crippen molar-refractivity contribution < 1.29 is 38.1 Å². The Bertz CT molecular complexity index is 709. The van der Waals surface area contributed by atoms with Crippen molar-refractivity contribution in [2.75, 3.05) is 11.5 Å². The van der Waals surface area contributed by atoms with Crippen molar-refractivity contribution in [3.05, 3.63) is 0 Å². The molecule has 0 rings (SSSR count). The van der Waals surface area contributed by atoms with Gasteiger partial charge in [-0.3, -0.25) is 0 Å². The van der Waals surface area contributed by atoms with Gasteiger partial charge in [-0.05, 0) is 107 Å². The molecule has 0 fully saturated rings. The minimum absolute atomic E-state index is 0.287. The highest BCUT2D eigenvalue weighted by Crippen LogP contribution is 2.16. The average Bonchev–Trinajstić information content (AvgIpc) is 2.59. The minimum Gasteiger partial charge on any atom is -0.458 e. The second-order valence-corrected chi connectivity index (χ2v) is 13.9. The van der Waals surface area contributed by atoms with Crippen LogP contribution in [0.2, 0.25) is 0 Å². The van der Waals surface area contributed by atoms with Gasteiger partial charge in [0.05, 0.1) is 0 Å². The van der Waals surface area contributed by atoms with E-state index in [0.29, 0.717) is 11.5 Å². The first kappa shape index (κ1) is 34.8. The first-order valence-corrected chi connectivity index (χ1v) is 13.7. The van der Waals surface area contributed by atoms with Crippen LogP contribution in [0.25, 0.3) is 0 Å². The molecule has 0 aliphatic rings. The maximum absolute atomic E-state index is 12.7. The third kappa shape index (κ3) is 19.6. The van der Waals surface area contributed by atoms with Crippen LogP contribution >= 0.6 is 11.8 Å². The average molecular weight is 549 g/mol. The summed E-state index contributed by atoms with van der Waals surface area (Å²) in [5.74, 6) is -0.158. The maximum Gasteiger partial charge on any atom is 0.408 e. The fourth-order valence-electron chi connectivity index (χ4n) is 2.65. The largest absolute Gasteiger partial charge is 0.458 e. The fourth-order valence-corrected chi connectivity index (χ4v) is 3.66. The summed E-state index contributed by atoms with van der Waals surface area (Å²) >= 11 is 1.46. The molecule has 0 aliphatic heterocycles. The molecule has 2 amide bonds. The standard InChI is InChI=1S/C26H48N2O8S/c1-23(2,3)33-19(29)17(27-21(31)35-25(7,8)9)13-15-37-16-14-18(20(30)34-24(4,5)6)28-22(32)36-26(10,11)12/h17-18H,13-16H2,1-12H3,(H,27,31)(H,28,32)/t17-,18-/m0/s1. The fraction of sp³-hybridized carbons (Fsp3) is 0.846. The molecular weight excluding hydrogens is 500 g/mol. The van der Waals surface area contributed by atoms with Gasteiger partial charge in [0.1, 0.15) is 34.5 Å². The van der Waals surface area contributed by atoms with E-state index in [4.69, 9.17) is 18.9 Å². The predicted octanol–water partition coefficient (Wildman–Crippen LogP) is 4.97. The van der Waals surface area contributed by atoms with Crippen LogP contribution in [-0.4, -0.2) is 70.1 Å². The topological polar surface area (TPSA) is 129 Å². The summed E-state index contributed by atoms with van der Waals surface area (Å²) in [7, 11) is 0. The van der Waals surface area contributed by atoms with Gasteiger partial charge in [0, 0.05) is 0 Å². The van der Waals surface area contributed by atoms with Crippen LogP contribution in [-0.2, 0) is 28.5 Å². The quantitative estimate of drug-likeness (QED) is 0.221. The number of esters is 2. The van der Waals surface area contributed by atoms with E-state index in [-0.39, 0.29) is 12.8 Å². The van der Waals surface area contributed by atoms with Crippen LogP contribution in [0.15, 0.2) is 0 Å². The number of nitrogens with one attached hydrogen (secondary N) is 2. The molecule has 0 aromatic rings. The Morgan fingerprint density at radius 1 is 0.541 bits per heavy atom. The van der Waals surface area contributed by atoms with E-state index in [9.17, 15) is 19.2 Å². The van der Waals surface area contributed by atoms with Crippen molar-refractivity contribution in [1.82, 2.24) is 10.6 Å². The molecule has 10 nitrogen and oxygen atoms in total. The van der Waals surface area contributed by atoms with Crippen LogP contribution < -0.4 is 10.6 Å². The Kier molecular flexibility index (Phi) is 13.3. The Balaban J connectivity index is 5.12. The molecule has 0 bridgehead atoms. The highest BCUT2D eigenvalue weighted by Gasteiger charge is 2.30. The van der Waals surface area contributed by atoms with E-state index < -0.39 is 58.6 Å². The van der Waals surface area contributed by atoms with Crippen molar-refractivity contribution in [3.8, 4) is 0 Å². The number of rotatable bonds is 10. The molecule has 2 N–H and O–H groups in total. The van der Waals surface area contributed by atoms with Crippen LogP contribution in [0.5, 0.6) is 0 Å². The van der Waals surface area contributed by atoms with Crippen LogP contribution in [0, 0.1) is 0 Å². The van der Waals surface area contributed by atoms with E-state index in [1.54, 1.807) is 83.1 Å². The van der Waals surface area contributed by atoms with E-state index in [1.807, 2.05) is 0 Å². The number of alkyl carbamates (subject to hydrolysis) is 2. The highest BCUT2D eigenvalue weighted by molar-refractivity contribution is 7.99. The summed E-state index contributed by atoms with van der Waals surface area (Å²) in [6.07, 6.45) is -0.843. The zero-order chi connectivity index (χ0) is 29.2. The molecule has 0 aromatic carbocycles. The number of hydrogen-bond acceptors (Lipinski definition) is 9. The lowest BCUT2D eigenvalue weighted by Crippen LogP contribution is -2.46. The number of hydrogen-bond donors (Lipinski definition) is 2. The summed E-state index contributed by atoms with van der Waals surface area (Å²) in [4.78, 5) is 49.8. The molecule has 0 radical (unpaired) electrons. The summed E-state index contributed by atoms with van der Waals surface area (Å²) in [6.45, 7) is 20.9. The summed E-state index contributed by atoms with van der Waals surface area (Å²) in [5, 5.41) is 5.18. The normalized spacial score (nSPS) is 14.2. The van der Waals surface area contributed by atoms with Gasteiger partial charge in [-0.2, -0.15) is 11.8 Å². The van der Waals surface area contributed by atoms with Gasteiger partial charge >= 0.3 is 24.1 Å².